The molecule has 0 aliphatic heterocycles. The normalized spacial score (nSPS) is 10.7. The van der Waals surface area contributed by atoms with Gasteiger partial charge in [-0.15, -0.1) is 0 Å². The van der Waals surface area contributed by atoms with Crippen LogP contribution >= 0.6 is 0 Å². The largest absolute Gasteiger partial charge is 0.459 e. The van der Waals surface area contributed by atoms with Crippen molar-refractivity contribution >= 4 is 11.8 Å². The highest BCUT2D eigenvalue weighted by Crippen LogP contribution is 2.06. The number of rotatable bonds is 9. The minimum atomic E-state index is -0.305. The summed E-state index contributed by atoms with van der Waals surface area (Å²) in [6.45, 7) is 2.29. The highest BCUT2D eigenvalue weighted by molar-refractivity contribution is 5.91. The number of benzene rings is 1. The average Bonchev–Trinajstić information content (AvgIpc) is 3.13. The van der Waals surface area contributed by atoms with Crippen molar-refractivity contribution in [2.45, 2.75) is 13.0 Å². The molecule has 0 aliphatic rings. The first-order valence-corrected chi connectivity index (χ1v) is 8.34. The quantitative estimate of drug-likeness (QED) is 0.756. The molecule has 0 atom stereocenters. The Morgan fingerprint density at radius 2 is 1.80 bits per heavy atom. The Labute approximate surface area is 148 Å². The molecule has 1 aromatic heterocycles. The molecular weight excluding hydrogens is 318 g/mol. The molecule has 2 aromatic rings. The molecule has 0 fully saturated rings. The molecule has 134 valence electrons. The molecule has 0 spiro atoms. The fourth-order valence-electron chi connectivity index (χ4n) is 2.35. The van der Waals surface area contributed by atoms with Gasteiger partial charge in [0, 0.05) is 32.6 Å². The molecule has 1 heterocycles. The van der Waals surface area contributed by atoms with E-state index in [-0.39, 0.29) is 30.5 Å². The topological polar surface area (TPSA) is 65.8 Å². The summed E-state index contributed by atoms with van der Waals surface area (Å²) in [6, 6.07) is 13.2. The summed E-state index contributed by atoms with van der Waals surface area (Å²) < 4.78 is 5.03. The molecule has 2 amide bonds. The van der Waals surface area contributed by atoms with Gasteiger partial charge in [0.25, 0.3) is 5.91 Å². The lowest BCUT2D eigenvalue weighted by atomic mass is 10.2. The van der Waals surface area contributed by atoms with E-state index in [9.17, 15) is 9.59 Å². The van der Waals surface area contributed by atoms with Gasteiger partial charge in [-0.3, -0.25) is 9.59 Å². The molecule has 1 N–H and O–H groups in total. The maximum Gasteiger partial charge on any atom is 0.286 e. The van der Waals surface area contributed by atoms with Crippen molar-refractivity contribution < 1.29 is 14.0 Å². The van der Waals surface area contributed by atoms with E-state index in [0.29, 0.717) is 13.1 Å². The first-order valence-electron chi connectivity index (χ1n) is 8.34. The Balaban J connectivity index is 1.86. The van der Waals surface area contributed by atoms with Crippen molar-refractivity contribution in [3.8, 4) is 0 Å². The Bertz CT molecular complexity index is 654. The second kappa shape index (κ2) is 9.64. The van der Waals surface area contributed by atoms with Crippen molar-refractivity contribution in [3.63, 3.8) is 0 Å². The number of likely N-dealkylation sites (N-methyl/N-ethyl adjacent to an activating group) is 1. The van der Waals surface area contributed by atoms with Gasteiger partial charge in [0.05, 0.1) is 6.26 Å². The maximum atomic E-state index is 12.6. The third-order valence-electron chi connectivity index (χ3n) is 3.76. The minimum Gasteiger partial charge on any atom is -0.459 e. The summed E-state index contributed by atoms with van der Waals surface area (Å²) >= 11 is 0. The van der Waals surface area contributed by atoms with Gasteiger partial charge < -0.3 is 19.5 Å². The van der Waals surface area contributed by atoms with E-state index in [1.54, 1.807) is 12.1 Å². The molecule has 6 nitrogen and oxygen atoms in total. The highest BCUT2D eigenvalue weighted by Gasteiger charge is 2.15. The monoisotopic (exact) mass is 343 g/mol. The number of furan rings is 1. The lowest BCUT2D eigenvalue weighted by Gasteiger charge is -2.24. The van der Waals surface area contributed by atoms with Gasteiger partial charge in [-0.2, -0.15) is 0 Å². The zero-order valence-corrected chi connectivity index (χ0v) is 14.8. The lowest BCUT2D eigenvalue weighted by molar-refractivity contribution is -0.131. The van der Waals surface area contributed by atoms with Crippen LogP contribution < -0.4 is 5.32 Å². The molecule has 1 aromatic carbocycles. The Morgan fingerprint density at radius 1 is 1.04 bits per heavy atom. The van der Waals surface area contributed by atoms with Crippen LogP contribution in [0.2, 0.25) is 0 Å². The van der Waals surface area contributed by atoms with Gasteiger partial charge in [0.1, 0.15) is 0 Å². The molecule has 6 heteroatoms. The lowest BCUT2D eigenvalue weighted by Crippen LogP contribution is -2.38. The van der Waals surface area contributed by atoms with E-state index < -0.39 is 0 Å². The standard InChI is InChI=1S/C19H25N3O3/c1-21(2)12-13-22(15-16-7-4-3-5-8-16)18(23)10-11-20-19(24)17-9-6-14-25-17/h3-9,14H,10-13,15H2,1-2H3,(H,20,24). The van der Waals surface area contributed by atoms with Crippen LogP contribution in [0, 0.1) is 0 Å². The summed E-state index contributed by atoms with van der Waals surface area (Å²) in [5.74, 6) is -0.0349. The SMILES string of the molecule is CN(C)CCN(Cc1ccccc1)C(=O)CCNC(=O)c1ccco1. The zero-order chi connectivity index (χ0) is 18.1. The predicted octanol–water partition coefficient (Wildman–Crippen LogP) is 1.99. The van der Waals surface area contributed by atoms with Crippen LogP contribution in [0.25, 0.3) is 0 Å². The third-order valence-corrected chi connectivity index (χ3v) is 3.76. The van der Waals surface area contributed by atoms with Gasteiger partial charge in [0.15, 0.2) is 5.76 Å². The summed E-state index contributed by atoms with van der Waals surface area (Å²) in [4.78, 5) is 28.3. The average molecular weight is 343 g/mol. The molecule has 0 unspecified atom stereocenters. The van der Waals surface area contributed by atoms with Gasteiger partial charge >= 0.3 is 0 Å². The molecule has 0 aliphatic carbocycles. The van der Waals surface area contributed by atoms with Crippen LogP contribution in [0.3, 0.4) is 0 Å². The number of amides is 2. The first kappa shape index (κ1) is 18.7. The molecule has 2 rings (SSSR count). The van der Waals surface area contributed by atoms with Gasteiger partial charge in [-0.25, -0.2) is 0 Å². The zero-order valence-electron chi connectivity index (χ0n) is 14.8. The maximum absolute atomic E-state index is 12.6. The van der Waals surface area contributed by atoms with E-state index >= 15 is 0 Å². The summed E-state index contributed by atoms with van der Waals surface area (Å²) in [6.07, 6.45) is 1.70. The molecule has 0 radical (unpaired) electrons. The van der Waals surface area contributed by atoms with Crippen LogP contribution in [0.5, 0.6) is 0 Å². The number of hydrogen-bond donors (Lipinski definition) is 1. The highest BCUT2D eigenvalue weighted by atomic mass is 16.3. The fourth-order valence-corrected chi connectivity index (χ4v) is 2.35. The predicted molar refractivity (Wildman–Crippen MR) is 96.1 cm³/mol. The molecule has 0 bridgehead atoms. The number of carbonyl (C=O) groups is 2. The van der Waals surface area contributed by atoms with Crippen LogP contribution in [0.15, 0.2) is 53.1 Å². The molecule has 25 heavy (non-hydrogen) atoms. The van der Waals surface area contributed by atoms with Crippen molar-refractivity contribution in [1.82, 2.24) is 15.1 Å². The van der Waals surface area contributed by atoms with Crippen molar-refractivity contribution in [3.05, 3.63) is 60.1 Å². The molecule has 0 saturated heterocycles. The summed E-state index contributed by atoms with van der Waals surface area (Å²) in [5.41, 5.74) is 1.09. The fraction of sp³-hybridized carbons (Fsp3) is 0.368. The van der Waals surface area contributed by atoms with E-state index in [1.807, 2.05) is 54.2 Å². The summed E-state index contributed by atoms with van der Waals surface area (Å²) in [7, 11) is 3.96. The van der Waals surface area contributed by atoms with Gasteiger partial charge in [-0.05, 0) is 31.8 Å². The number of nitrogens with zero attached hydrogens (tertiary/aromatic N) is 2. The Hall–Kier alpha value is -2.60. The Morgan fingerprint density at radius 3 is 2.44 bits per heavy atom. The number of carbonyl (C=O) groups excluding carboxylic acids is 2. The van der Waals surface area contributed by atoms with Crippen LogP contribution in [0.4, 0.5) is 0 Å². The van der Waals surface area contributed by atoms with E-state index in [2.05, 4.69) is 5.32 Å². The van der Waals surface area contributed by atoms with Crippen LogP contribution in [-0.4, -0.2) is 55.3 Å². The van der Waals surface area contributed by atoms with Crippen molar-refractivity contribution in [2.24, 2.45) is 0 Å². The third kappa shape index (κ3) is 6.43. The second-order valence-corrected chi connectivity index (χ2v) is 6.09. The number of hydrogen-bond acceptors (Lipinski definition) is 4. The first-order chi connectivity index (χ1) is 12.1. The van der Waals surface area contributed by atoms with Gasteiger partial charge in [0.2, 0.25) is 5.91 Å². The van der Waals surface area contributed by atoms with Crippen LogP contribution in [-0.2, 0) is 11.3 Å². The minimum absolute atomic E-state index is 0.0189. The van der Waals surface area contributed by atoms with Crippen molar-refractivity contribution in [1.29, 1.82) is 0 Å². The van der Waals surface area contributed by atoms with Crippen LogP contribution in [0.1, 0.15) is 22.5 Å². The van der Waals surface area contributed by atoms with E-state index in [0.717, 1.165) is 12.1 Å². The smallest absolute Gasteiger partial charge is 0.286 e. The van der Waals surface area contributed by atoms with Gasteiger partial charge in [-0.1, -0.05) is 30.3 Å². The Kier molecular flexibility index (Phi) is 7.22. The van der Waals surface area contributed by atoms with E-state index in [1.165, 1.54) is 6.26 Å². The molecular formula is C19H25N3O3. The summed E-state index contributed by atoms with van der Waals surface area (Å²) in [5, 5.41) is 2.71. The number of nitrogens with one attached hydrogen (secondary N) is 1. The van der Waals surface area contributed by atoms with E-state index in [4.69, 9.17) is 4.42 Å². The second-order valence-electron chi connectivity index (χ2n) is 6.09. The molecule has 0 saturated carbocycles. The van der Waals surface area contributed by atoms with Crippen molar-refractivity contribution in [2.75, 3.05) is 33.7 Å².